The Morgan fingerprint density at radius 1 is 1.22 bits per heavy atom. The van der Waals surface area contributed by atoms with E-state index >= 15 is 0 Å². The number of hydrogen-bond donors (Lipinski definition) is 2. The van der Waals surface area contributed by atoms with Gasteiger partial charge in [-0.1, -0.05) is 18.0 Å². The number of amides is 1. The van der Waals surface area contributed by atoms with Crippen LogP contribution < -0.4 is 4.72 Å². The van der Waals surface area contributed by atoms with Crippen LogP contribution in [0.1, 0.15) is 50.0 Å². The summed E-state index contributed by atoms with van der Waals surface area (Å²) in [5.41, 5.74) is -0.937. The minimum absolute atomic E-state index is 0.0221. The Morgan fingerprint density at radius 2 is 1.81 bits per heavy atom. The van der Waals surface area contributed by atoms with Gasteiger partial charge in [-0.15, -0.1) is 0 Å². The Balaban J connectivity index is 1.82. The Bertz CT molecular complexity index is 813. The zero-order valence-corrected chi connectivity index (χ0v) is 16.3. The van der Waals surface area contributed by atoms with E-state index in [0.717, 1.165) is 12.8 Å². The van der Waals surface area contributed by atoms with Gasteiger partial charge in [0.2, 0.25) is 15.9 Å². The van der Waals surface area contributed by atoms with E-state index in [0.29, 0.717) is 38.8 Å². The van der Waals surface area contributed by atoms with Crippen LogP contribution in [0.2, 0.25) is 0 Å². The van der Waals surface area contributed by atoms with Crippen molar-refractivity contribution in [1.29, 1.82) is 0 Å². The average Bonchev–Trinajstić information content (AvgIpc) is 3.21. The van der Waals surface area contributed by atoms with Crippen LogP contribution in [0.15, 0.2) is 9.42 Å². The number of aliphatic carboxylic acids is 1. The molecular formula is C17H25N3O6S. The standard InChI is InChI=1S/C17H25N3O6S/c1-11-14(12(2)26-18-11)27(24,25)19-17(7-3-4-8-17)16(23)20-9-5-13(6-10-20)15(21)22/h13,19H,3-10H2,1-2H3,(H,21,22). The molecule has 3 rings (SSSR count). The highest BCUT2D eigenvalue weighted by atomic mass is 32.2. The van der Waals surface area contributed by atoms with E-state index in [9.17, 15) is 18.0 Å². The molecular weight excluding hydrogens is 374 g/mol. The van der Waals surface area contributed by atoms with Crippen molar-refractivity contribution in [3.05, 3.63) is 11.5 Å². The molecule has 2 fully saturated rings. The molecule has 0 atom stereocenters. The quantitative estimate of drug-likeness (QED) is 0.761. The first-order valence-corrected chi connectivity index (χ1v) is 10.6. The van der Waals surface area contributed by atoms with Crippen molar-refractivity contribution in [3.8, 4) is 0 Å². The van der Waals surface area contributed by atoms with E-state index in [1.54, 1.807) is 11.8 Å². The Labute approximate surface area is 158 Å². The largest absolute Gasteiger partial charge is 0.481 e. The van der Waals surface area contributed by atoms with Gasteiger partial charge < -0.3 is 14.5 Å². The molecule has 9 nitrogen and oxygen atoms in total. The molecule has 10 heteroatoms. The lowest BCUT2D eigenvalue weighted by Gasteiger charge is -2.37. The molecule has 2 aliphatic rings. The normalized spacial score (nSPS) is 20.7. The van der Waals surface area contributed by atoms with Gasteiger partial charge in [0, 0.05) is 13.1 Å². The predicted molar refractivity (Wildman–Crippen MR) is 94.4 cm³/mol. The van der Waals surface area contributed by atoms with Gasteiger partial charge in [0.1, 0.15) is 16.1 Å². The number of rotatable bonds is 5. The van der Waals surface area contributed by atoms with Crippen LogP contribution in [0.5, 0.6) is 0 Å². The third kappa shape index (κ3) is 3.73. The maximum absolute atomic E-state index is 13.2. The predicted octanol–water partition coefficient (Wildman–Crippen LogP) is 1.21. The maximum Gasteiger partial charge on any atom is 0.306 e. The van der Waals surface area contributed by atoms with Crippen molar-refractivity contribution in [1.82, 2.24) is 14.8 Å². The van der Waals surface area contributed by atoms with Gasteiger partial charge in [0.15, 0.2) is 5.76 Å². The number of carboxylic acids is 1. The number of carbonyl (C=O) groups excluding carboxylic acids is 1. The molecule has 2 heterocycles. The van der Waals surface area contributed by atoms with Crippen LogP contribution in [-0.4, -0.2) is 54.1 Å². The molecule has 1 aromatic heterocycles. The number of aryl methyl sites for hydroxylation is 2. The minimum atomic E-state index is -3.98. The highest BCUT2D eigenvalue weighted by Crippen LogP contribution is 2.35. The second kappa shape index (κ2) is 7.23. The van der Waals surface area contributed by atoms with Crippen LogP contribution in [-0.2, 0) is 19.6 Å². The van der Waals surface area contributed by atoms with Gasteiger partial charge in [-0.25, -0.2) is 8.42 Å². The first-order chi connectivity index (χ1) is 12.7. The van der Waals surface area contributed by atoms with E-state index in [4.69, 9.17) is 9.63 Å². The number of carboxylic acid groups (broad SMARTS) is 1. The number of sulfonamides is 1. The summed E-state index contributed by atoms with van der Waals surface area (Å²) in [7, 11) is -3.98. The zero-order chi connectivity index (χ0) is 19.8. The molecule has 2 N–H and O–H groups in total. The number of piperidine rings is 1. The number of nitrogens with zero attached hydrogens (tertiary/aromatic N) is 2. The van der Waals surface area contributed by atoms with E-state index in [1.165, 1.54) is 6.92 Å². The Hall–Kier alpha value is -1.94. The fourth-order valence-electron chi connectivity index (χ4n) is 4.14. The molecule has 1 saturated heterocycles. The molecule has 0 unspecified atom stereocenters. The summed E-state index contributed by atoms with van der Waals surface area (Å²) in [6.45, 7) is 3.72. The third-order valence-electron chi connectivity index (χ3n) is 5.56. The molecule has 1 aromatic rings. The summed E-state index contributed by atoms with van der Waals surface area (Å²) < 4.78 is 33.5. The summed E-state index contributed by atoms with van der Waals surface area (Å²) in [6, 6.07) is 0. The van der Waals surface area contributed by atoms with Gasteiger partial charge >= 0.3 is 5.97 Å². The molecule has 0 bridgehead atoms. The molecule has 0 radical (unpaired) electrons. The SMILES string of the molecule is Cc1noc(C)c1S(=O)(=O)NC1(C(=O)N2CCC(C(=O)O)CC2)CCCC1. The Kier molecular flexibility index (Phi) is 5.31. The summed E-state index contributed by atoms with van der Waals surface area (Å²) in [6.07, 6.45) is 3.12. The first-order valence-electron chi connectivity index (χ1n) is 9.15. The van der Waals surface area contributed by atoms with Crippen molar-refractivity contribution in [3.63, 3.8) is 0 Å². The van der Waals surface area contributed by atoms with Crippen molar-refractivity contribution >= 4 is 21.9 Å². The van der Waals surface area contributed by atoms with Gasteiger partial charge in [-0.05, 0) is 39.5 Å². The fourth-order valence-corrected chi connectivity index (χ4v) is 5.89. The topological polar surface area (TPSA) is 130 Å². The highest BCUT2D eigenvalue weighted by Gasteiger charge is 2.48. The van der Waals surface area contributed by atoms with Crippen LogP contribution in [0, 0.1) is 19.8 Å². The summed E-state index contributed by atoms with van der Waals surface area (Å²) >= 11 is 0. The van der Waals surface area contributed by atoms with Gasteiger partial charge in [-0.3, -0.25) is 9.59 Å². The van der Waals surface area contributed by atoms with Crippen molar-refractivity contribution < 1.29 is 27.6 Å². The number of nitrogens with one attached hydrogen (secondary N) is 1. The van der Waals surface area contributed by atoms with Crippen molar-refractivity contribution in [2.45, 2.75) is 62.8 Å². The lowest BCUT2D eigenvalue weighted by molar-refractivity contribution is -0.147. The molecule has 0 aromatic carbocycles. The summed E-state index contributed by atoms with van der Waals surface area (Å²) in [5, 5.41) is 12.8. The summed E-state index contributed by atoms with van der Waals surface area (Å²) in [4.78, 5) is 25.9. The lowest BCUT2D eigenvalue weighted by Crippen LogP contribution is -2.59. The van der Waals surface area contributed by atoms with Gasteiger partial charge in [0.05, 0.1) is 5.92 Å². The van der Waals surface area contributed by atoms with Gasteiger partial charge in [0.25, 0.3) is 0 Å². The fraction of sp³-hybridized carbons (Fsp3) is 0.706. The maximum atomic E-state index is 13.2. The summed E-state index contributed by atoms with van der Waals surface area (Å²) in [5.74, 6) is -1.38. The molecule has 27 heavy (non-hydrogen) atoms. The van der Waals surface area contributed by atoms with Crippen molar-refractivity contribution in [2.24, 2.45) is 5.92 Å². The second-order valence-corrected chi connectivity index (χ2v) is 9.07. The monoisotopic (exact) mass is 399 g/mol. The number of aromatic nitrogens is 1. The first kappa shape index (κ1) is 19.8. The smallest absolute Gasteiger partial charge is 0.306 e. The Morgan fingerprint density at radius 3 is 2.30 bits per heavy atom. The van der Waals surface area contributed by atoms with E-state index < -0.39 is 27.4 Å². The molecule has 0 spiro atoms. The van der Waals surface area contributed by atoms with Gasteiger partial charge in [-0.2, -0.15) is 4.72 Å². The molecule has 1 saturated carbocycles. The van der Waals surface area contributed by atoms with E-state index in [-0.39, 0.29) is 22.3 Å². The minimum Gasteiger partial charge on any atom is -0.481 e. The van der Waals surface area contributed by atoms with Crippen LogP contribution in [0.3, 0.4) is 0 Å². The van der Waals surface area contributed by atoms with Crippen LogP contribution >= 0.6 is 0 Å². The van der Waals surface area contributed by atoms with Crippen LogP contribution in [0.4, 0.5) is 0 Å². The molecule has 150 valence electrons. The lowest BCUT2D eigenvalue weighted by atomic mass is 9.92. The molecule has 1 amide bonds. The van der Waals surface area contributed by atoms with Crippen molar-refractivity contribution in [2.75, 3.05) is 13.1 Å². The number of carbonyl (C=O) groups is 2. The number of likely N-dealkylation sites (tertiary alicyclic amines) is 1. The van der Waals surface area contributed by atoms with E-state index in [2.05, 4.69) is 9.88 Å². The molecule has 1 aliphatic carbocycles. The second-order valence-electron chi connectivity index (χ2n) is 7.45. The third-order valence-corrected chi connectivity index (χ3v) is 7.34. The highest BCUT2D eigenvalue weighted by molar-refractivity contribution is 7.89. The number of hydrogen-bond acceptors (Lipinski definition) is 6. The zero-order valence-electron chi connectivity index (χ0n) is 15.5. The average molecular weight is 399 g/mol. The van der Waals surface area contributed by atoms with E-state index in [1.807, 2.05) is 0 Å². The molecule has 1 aliphatic heterocycles. The van der Waals surface area contributed by atoms with Crippen LogP contribution in [0.25, 0.3) is 0 Å².